The Morgan fingerprint density at radius 3 is 2.72 bits per heavy atom. The van der Waals surface area contributed by atoms with Gasteiger partial charge in [-0.05, 0) is 68.1 Å². The Bertz CT molecular complexity index is 872. The number of rotatable bonds is 11. The van der Waals surface area contributed by atoms with Crippen molar-refractivity contribution in [1.29, 1.82) is 0 Å². The van der Waals surface area contributed by atoms with Crippen LogP contribution in [-0.2, 0) is 22.5 Å². The topological polar surface area (TPSA) is 50.8 Å². The summed E-state index contributed by atoms with van der Waals surface area (Å²) in [6.45, 7) is 3.70. The third-order valence-corrected chi connectivity index (χ3v) is 6.51. The summed E-state index contributed by atoms with van der Waals surface area (Å²) in [5, 5.41) is 4.08. The van der Waals surface area contributed by atoms with Gasteiger partial charge < -0.3 is 14.8 Å². The fraction of sp³-hybridized carbons (Fsp3) is 0.480. The fourth-order valence-electron chi connectivity index (χ4n) is 3.80. The van der Waals surface area contributed by atoms with Crippen LogP contribution in [0.25, 0.3) is 0 Å². The lowest BCUT2D eigenvalue weighted by Gasteiger charge is -2.31. The molecule has 174 valence electrons. The molecule has 0 aromatic heterocycles. The van der Waals surface area contributed by atoms with Gasteiger partial charge in [-0.1, -0.05) is 41.4 Å². The molecule has 2 aromatic carbocycles. The third-order valence-electron chi connectivity index (χ3n) is 5.77. The lowest BCUT2D eigenvalue weighted by atomic mass is 10.1. The lowest BCUT2D eigenvalue weighted by molar-refractivity contribution is -0.121. The maximum Gasteiger partial charge on any atom is 0.220 e. The molecule has 0 radical (unpaired) electrons. The van der Waals surface area contributed by atoms with Gasteiger partial charge in [0, 0.05) is 38.8 Å². The molecule has 1 heterocycles. The third kappa shape index (κ3) is 8.28. The van der Waals surface area contributed by atoms with Crippen molar-refractivity contribution in [3.05, 3.63) is 63.6 Å². The van der Waals surface area contributed by atoms with Crippen LogP contribution >= 0.6 is 23.2 Å². The first kappa shape index (κ1) is 24.8. The Labute approximate surface area is 201 Å². The zero-order valence-corrected chi connectivity index (χ0v) is 20.1. The van der Waals surface area contributed by atoms with E-state index in [1.165, 1.54) is 0 Å². The normalized spacial score (nSPS) is 14.5. The van der Waals surface area contributed by atoms with Crippen LogP contribution in [0.1, 0.15) is 36.8 Å². The number of carbonyl (C=O) groups excluding carboxylic acids is 1. The molecule has 7 heteroatoms. The molecule has 0 aliphatic carbocycles. The Morgan fingerprint density at radius 1 is 1.12 bits per heavy atom. The number of likely N-dealkylation sites (N-methyl/N-ethyl adjacent to an activating group) is 1. The van der Waals surface area contributed by atoms with E-state index in [4.69, 9.17) is 32.7 Å². The van der Waals surface area contributed by atoms with Crippen LogP contribution in [0, 0.1) is 0 Å². The van der Waals surface area contributed by atoms with Gasteiger partial charge in [0.2, 0.25) is 5.91 Å². The molecule has 0 atom stereocenters. The van der Waals surface area contributed by atoms with E-state index in [1.54, 1.807) is 6.07 Å². The first-order valence-corrected chi connectivity index (χ1v) is 12.0. The predicted molar refractivity (Wildman–Crippen MR) is 130 cm³/mol. The number of ether oxygens (including phenoxy) is 2. The summed E-state index contributed by atoms with van der Waals surface area (Å²) < 4.78 is 11.4. The minimum absolute atomic E-state index is 0.0365. The van der Waals surface area contributed by atoms with E-state index in [0.717, 1.165) is 62.3 Å². The van der Waals surface area contributed by atoms with Crippen LogP contribution in [0.15, 0.2) is 42.5 Å². The molecule has 1 amide bonds. The van der Waals surface area contributed by atoms with Crippen molar-refractivity contribution < 1.29 is 14.3 Å². The summed E-state index contributed by atoms with van der Waals surface area (Å²) in [6, 6.07) is 14.1. The molecule has 0 spiro atoms. The summed E-state index contributed by atoms with van der Waals surface area (Å²) in [7, 11) is 2.15. The van der Waals surface area contributed by atoms with Crippen LogP contribution in [0.2, 0.25) is 10.0 Å². The van der Waals surface area contributed by atoms with Gasteiger partial charge in [-0.15, -0.1) is 0 Å². The van der Waals surface area contributed by atoms with Gasteiger partial charge in [0.15, 0.2) is 0 Å². The standard InChI is InChI=1S/C25H32Cl2N2O3/c1-29(21-10-13-31-14-11-21)12-15-32-22-6-2-5-20(16-22)18-28-25(30)7-3-4-19-8-9-23(26)24(27)17-19/h2,5-6,8-9,16-17,21H,3-4,7,10-15,18H2,1H3,(H,28,30). The number of nitrogens with one attached hydrogen (secondary N) is 1. The summed E-state index contributed by atoms with van der Waals surface area (Å²) in [6.07, 6.45) is 4.18. The molecule has 3 rings (SSSR count). The highest BCUT2D eigenvalue weighted by Crippen LogP contribution is 2.23. The van der Waals surface area contributed by atoms with E-state index in [9.17, 15) is 4.79 Å². The number of carbonyl (C=O) groups is 1. The summed E-state index contributed by atoms with van der Waals surface area (Å²) >= 11 is 12.0. The Balaban J connectivity index is 1.34. The zero-order valence-electron chi connectivity index (χ0n) is 18.6. The molecule has 1 saturated heterocycles. The number of hydrogen-bond acceptors (Lipinski definition) is 4. The quantitative estimate of drug-likeness (QED) is 0.486. The number of hydrogen-bond donors (Lipinski definition) is 1. The second-order valence-electron chi connectivity index (χ2n) is 8.20. The summed E-state index contributed by atoms with van der Waals surface area (Å²) in [5.74, 6) is 0.867. The lowest BCUT2D eigenvalue weighted by Crippen LogP contribution is -2.38. The average Bonchev–Trinajstić information content (AvgIpc) is 2.81. The van der Waals surface area contributed by atoms with E-state index in [2.05, 4.69) is 17.3 Å². The van der Waals surface area contributed by atoms with Crippen molar-refractivity contribution in [3.63, 3.8) is 0 Å². The largest absolute Gasteiger partial charge is 0.492 e. The maximum absolute atomic E-state index is 12.2. The second-order valence-corrected chi connectivity index (χ2v) is 9.01. The molecule has 5 nitrogen and oxygen atoms in total. The van der Waals surface area contributed by atoms with Crippen LogP contribution in [0.4, 0.5) is 0 Å². The van der Waals surface area contributed by atoms with Gasteiger partial charge in [0.05, 0.1) is 10.0 Å². The molecule has 1 aliphatic rings. The molecular formula is C25H32Cl2N2O3. The highest BCUT2D eigenvalue weighted by molar-refractivity contribution is 6.42. The number of amides is 1. The van der Waals surface area contributed by atoms with Crippen LogP contribution in [0.3, 0.4) is 0 Å². The summed E-state index contributed by atoms with van der Waals surface area (Å²) in [4.78, 5) is 14.6. The van der Waals surface area contributed by atoms with Crippen molar-refractivity contribution >= 4 is 29.1 Å². The highest BCUT2D eigenvalue weighted by atomic mass is 35.5. The monoisotopic (exact) mass is 478 g/mol. The first-order chi connectivity index (χ1) is 15.5. The van der Waals surface area contributed by atoms with Crippen molar-refractivity contribution in [2.45, 2.75) is 44.7 Å². The highest BCUT2D eigenvalue weighted by Gasteiger charge is 2.18. The number of nitrogens with zero attached hydrogens (tertiary/aromatic N) is 1. The zero-order chi connectivity index (χ0) is 22.8. The second kappa shape index (κ2) is 13.0. The molecule has 1 N–H and O–H groups in total. The van der Waals surface area contributed by atoms with Crippen LogP contribution < -0.4 is 10.1 Å². The van der Waals surface area contributed by atoms with Gasteiger partial charge in [-0.3, -0.25) is 9.69 Å². The number of halogens is 2. The van der Waals surface area contributed by atoms with E-state index >= 15 is 0 Å². The summed E-state index contributed by atoms with van der Waals surface area (Å²) in [5.41, 5.74) is 2.11. The molecule has 0 unspecified atom stereocenters. The average molecular weight is 479 g/mol. The van der Waals surface area contributed by atoms with E-state index < -0.39 is 0 Å². The van der Waals surface area contributed by atoms with Gasteiger partial charge in [0.1, 0.15) is 12.4 Å². The minimum Gasteiger partial charge on any atom is -0.492 e. The molecule has 0 saturated carbocycles. The van der Waals surface area contributed by atoms with Crippen LogP contribution in [0.5, 0.6) is 5.75 Å². The number of benzene rings is 2. The maximum atomic E-state index is 12.2. The number of aryl methyl sites for hydroxylation is 1. The fourth-order valence-corrected chi connectivity index (χ4v) is 4.12. The smallest absolute Gasteiger partial charge is 0.220 e. The Kier molecular flexibility index (Phi) is 10.1. The van der Waals surface area contributed by atoms with Crippen molar-refractivity contribution in [2.75, 3.05) is 33.4 Å². The molecular weight excluding hydrogens is 447 g/mol. The molecule has 1 aliphatic heterocycles. The first-order valence-electron chi connectivity index (χ1n) is 11.2. The Hall–Kier alpha value is -1.79. The van der Waals surface area contributed by atoms with E-state index in [1.807, 2.05) is 36.4 Å². The van der Waals surface area contributed by atoms with Gasteiger partial charge in [0.25, 0.3) is 0 Å². The van der Waals surface area contributed by atoms with Crippen molar-refractivity contribution in [3.8, 4) is 5.75 Å². The van der Waals surface area contributed by atoms with E-state index in [-0.39, 0.29) is 5.91 Å². The van der Waals surface area contributed by atoms with Gasteiger partial charge in [-0.2, -0.15) is 0 Å². The van der Waals surface area contributed by atoms with Crippen molar-refractivity contribution in [1.82, 2.24) is 10.2 Å². The minimum atomic E-state index is 0.0365. The van der Waals surface area contributed by atoms with Crippen molar-refractivity contribution in [2.24, 2.45) is 0 Å². The van der Waals surface area contributed by atoms with Gasteiger partial charge in [-0.25, -0.2) is 0 Å². The molecule has 32 heavy (non-hydrogen) atoms. The molecule has 1 fully saturated rings. The molecule has 0 bridgehead atoms. The predicted octanol–water partition coefficient (Wildman–Crippen LogP) is 5.12. The molecule has 2 aromatic rings. The van der Waals surface area contributed by atoms with Crippen LogP contribution in [-0.4, -0.2) is 50.3 Å². The SMILES string of the molecule is CN(CCOc1cccc(CNC(=O)CCCc2ccc(Cl)c(Cl)c2)c1)C1CCOCC1. The Morgan fingerprint density at radius 2 is 1.94 bits per heavy atom. The van der Waals surface area contributed by atoms with Gasteiger partial charge >= 0.3 is 0 Å². The van der Waals surface area contributed by atoms with E-state index in [0.29, 0.717) is 35.7 Å².